The highest BCUT2D eigenvalue weighted by Gasteiger charge is 2.25. The zero-order valence-electron chi connectivity index (χ0n) is 12.1. The molecule has 19 heavy (non-hydrogen) atoms. The van der Waals surface area contributed by atoms with Gasteiger partial charge in [0.2, 0.25) is 0 Å². The zero-order valence-corrected chi connectivity index (χ0v) is 12.1. The minimum absolute atomic E-state index is 0.358. The van der Waals surface area contributed by atoms with Crippen molar-refractivity contribution in [3.8, 4) is 0 Å². The smallest absolute Gasteiger partial charge is 0.136 e. The van der Waals surface area contributed by atoms with Crippen LogP contribution in [-0.4, -0.2) is 5.78 Å². The van der Waals surface area contributed by atoms with Gasteiger partial charge in [-0.1, -0.05) is 50.1 Å². The van der Waals surface area contributed by atoms with Gasteiger partial charge >= 0.3 is 0 Å². The van der Waals surface area contributed by atoms with Gasteiger partial charge in [0.25, 0.3) is 0 Å². The first-order chi connectivity index (χ1) is 9.29. The Balaban J connectivity index is 1.73. The van der Waals surface area contributed by atoms with E-state index in [9.17, 15) is 4.79 Å². The maximum Gasteiger partial charge on any atom is 0.136 e. The highest BCUT2D eigenvalue weighted by atomic mass is 16.1. The topological polar surface area (TPSA) is 17.1 Å². The van der Waals surface area contributed by atoms with Gasteiger partial charge in [0, 0.05) is 12.3 Å². The van der Waals surface area contributed by atoms with Crippen LogP contribution >= 0.6 is 0 Å². The summed E-state index contributed by atoms with van der Waals surface area (Å²) in [5.74, 6) is 1.75. The summed E-state index contributed by atoms with van der Waals surface area (Å²) in [5, 5.41) is 0. The van der Waals surface area contributed by atoms with Crippen LogP contribution in [0, 0.1) is 11.8 Å². The van der Waals surface area contributed by atoms with Crippen molar-refractivity contribution < 1.29 is 4.79 Å². The number of aryl methyl sites for hydroxylation is 1. The summed E-state index contributed by atoms with van der Waals surface area (Å²) in [5.41, 5.74) is 1.29. The number of carbonyl (C=O) groups is 1. The Labute approximate surface area is 117 Å². The highest BCUT2D eigenvalue weighted by molar-refractivity contribution is 5.81. The van der Waals surface area contributed by atoms with Crippen LogP contribution in [-0.2, 0) is 11.2 Å². The molecule has 1 aromatic rings. The summed E-state index contributed by atoms with van der Waals surface area (Å²) in [6, 6.07) is 10.4. The lowest BCUT2D eigenvalue weighted by Gasteiger charge is -2.27. The van der Waals surface area contributed by atoms with E-state index >= 15 is 0 Å². The normalized spacial score (nSPS) is 23.2. The fraction of sp³-hybridized carbons (Fsp3) is 0.611. The summed E-state index contributed by atoms with van der Waals surface area (Å²) in [6.45, 7) is 2.26. The summed E-state index contributed by atoms with van der Waals surface area (Å²) in [4.78, 5) is 12.2. The third kappa shape index (κ3) is 4.49. The second-order valence-corrected chi connectivity index (χ2v) is 5.96. The molecule has 0 atom stereocenters. The fourth-order valence-electron chi connectivity index (χ4n) is 3.30. The average Bonchev–Trinajstić information content (AvgIpc) is 2.47. The van der Waals surface area contributed by atoms with Gasteiger partial charge in [-0.25, -0.2) is 0 Å². The lowest BCUT2D eigenvalue weighted by Crippen LogP contribution is -2.22. The number of hydrogen-bond donors (Lipinski definition) is 0. The first-order valence-corrected chi connectivity index (χ1v) is 7.86. The number of ketones is 1. The predicted octanol–water partition coefficient (Wildman–Crippen LogP) is 4.79. The third-order valence-electron chi connectivity index (χ3n) is 4.50. The Morgan fingerprint density at radius 1 is 1.11 bits per heavy atom. The molecule has 0 saturated heterocycles. The van der Waals surface area contributed by atoms with Gasteiger partial charge < -0.3 is 0 Å². The van der Waals surface area contributed by atoms with Crippen LogP contribution < -0.4 is 0 Å². The maximum absolute atomic E-state index is 12.2. The largest absolute Gasteiger partial charge is 0.299 e. The minimum atomic E-state index is 0.358. The number of rotatable bonds is 6. The molecule has 0 amide bonds. The van der Waals surface area contributed by atoms with Crippen LogP contribution in [0.2, 0.25) is 0 Å². The van der Waals surface area contributed by atoms with E-state index in [-0.39, 0.29) is 0 Å². The second-order valence-electron chi connectivity index (χ2n) is 5.96. The lowest BCUT2D eigenvalue weighted by atomic mass is 9.77. The molecule has 1 aromatic carbocycles. The Hall–Kier alpha value is -1.11. The maximum atomic E-state index is 12.2. The second kappa shape index (κ2) is 7.47. The molecule has 0 aliphatic heterocycles. The Morgan fingerprint density at radius 3 is 2.42 bits per heavy atom. The van der Waals surface area contributed by atoms with Gasteiger partial charge in [0.05, 0.1) is 0 Å². The van der Waals surface area contributed by atoms with Crippen molar-refractivity contribution in [2.45, 2.75) is 58.3 Å². The molecule has 1 nitrogen and oxygen atoms in total. The van der Waals surface area contributed by atoms with Crippen molar-refractivity contribution in [3.05, 3.63) is 35.9 Å². The molecule has 0 bridgehead atoms. The van der Waals surface area contributed by atoms with Crippen molar-refractivity contribution in [3.63, 3.8) is 0 Å². The first-order valence-electron chi connectivity index (χ1n) is 7.86. The predicted molar refractivity (Wildman–Crippen MR) is 80.1 cm³/mol. The summed E-state index contributed by atoms with van der Waals surface area (Å²) in [6.07, 6.45) is 9.10. The molecular formula is C18H26O. The summed E-state index contributed by atoms with van der Waals surface area (Å²) < 4.78 is 0. The molecule has 0 N–H and O–H groups in total. The number of hydrogen-bond acceptors (Lipinski definition) is 1. The quantitative estimate of drug-likeness (QED) is 0.716. The lowest BCUT2D eigenvalue weighted by molar-refractivity contribution is -0.124. The van der Waals surface area contributed by atoms with Gasteiger partial charge in [-0.15, -0.1) is 0 Å². The van der Waals surface area contributed by atoms with Crippen LogP contribution in [0.25, 0.3) is 0 Å². The molecule has 104 valence electrons. The molecule has 0 radical (unpaired) electrons. The SMILES string of the molecule is CCCC1CCC(C(=O)CCc2ccccc2)CC1. The standard InChI is InChI=1S/C18H26O/c1-2-6-15-9-12-17(13-10-15)18(19)14-11-16-7-4-3-5-8-16/h3-5,7-8,15,17H,2,6,9-14H2,1H3. The third-order valence-corrected chi connectivity index (χ3v) is 4.50. The molecule has 0 aromatic heterocycles. The monoisotopic (exact) mass is 258 g/mol. The molecule has 2 rings (SSSR count). The van der Waals surface area contributed by atoms with Gasteiger partial charge in [0.15, 0.2) is 0 Å². The molecule has 0 heterocycles. The van der Waals surface area contributed by atoms with E-state index in [0.29, 0.717) is 11.7 Å². The van der Waals surface area contributed by atoms with Crippen molar-refractivity contribution in [2.24, 2.45) is 11.8 Å². The zero-order chi connectivity index (χ0) is 13.5. The van der Waals surface area contributed by atoms with Crippen molar-refractivity contribution >= 4 is 5.78 Å². The van der Waals surface area contributed by atoms with E-state index in [4.69, 9.17) is 0 Å². The molecule has 1 heteroatoms. The van der Waals surface area contributed by atoms with Crippen molar-refractivity contribution in [2.75, 3.05) is 0 Å². The van der Waals surface area contributed by atoms with Crippen LogP contribution in [0.5, 0.6) is 0 Å². The number of benzene rings is 1. The van der Waals surface area contributed by atoms with E-state index in [2.05, 4.69) is 31.2 Å². The minimum Gasteiger partial charge on any atom is -0.299 e. The Kier molecular flexibility index (Phi) is 5.62. The van der Waals surface area contributed by atoms with Gasteiger partial charge in [0.1, 0.15) is 5.78 Å². The van der Waals surface area contributed by atoms with Crippen LogP contribution in [0.4, 0.5) is 0 Å². The average molecular weight is 258 g/mol. The fourth-order valence-corrected chi connectivity index (χ4v) is 3.30. The Morgan fingerprint density at radius 2 is 1.79 bits per heavy atom. The van der Waals surface area contributed by atoms with Crippen LogP contribution in [0.1, 0.15) is 57.4 Å². The van der Waals surface area contributed by atoms with E-state index in [1.807, 2.05) is 6.07 Å². The molecule has 1 fully saturated rings. The molecule has 1 aliphatic rings. The van der Waals surface area contributed by atoms with Crippen molar-refractivity contribution in [1.82, 2.24) is 0 Å². The molecule has 0 spiro atoms. The van der Waals surface area contributed by atoms with Crippen LogP contribution in [0.3, 0.4) is 0 Å². The van der Waals surface area contributed by atoms with E-state index in [0.717, 1.165) is 31.6 Å². The molecule has 0 unspecified atom stereocenters. The van der Waals surface area contributed by atoms with E-state index in [1.165, 1.54) is 31.2 Å². The van der Waals surface area contributed by atoms with Gasteiger partial charge in [-0.3, -0.25) is 4.79 Å². The Bertz CT molecular complexity index is 374. The summed E-state index contributed by atoms with van der Waals surface area (Å²) in [7, 11) is 0. The van der Waals surface area contributed by atoms with Crippen molar-refractivity contribution in [1.29, 1.82) is 0 Å². The van der Waals surface area contributed by atoms with Crippen LogP contribution in [0.15, 0.2) is 30.3 Å². The van der Waals surface area contributed by atoms with Gasteiger partial charge in [-0.2, -0.15) is 0 Å². The molecule has 1 aliphatic carbocycles. The van der Waals surface area contributed by atoms with Gasteiger partial charge in [-0.05, 0) is 43.6 Å². The number of carbonyl (C=O) groups excluding carboxylic acids is 1. The van der Waals surface area contributed by atoms with E-state index < -0.39 is 0 Å². The number of Topliss-reactive ketones (excluding diaryl/α,β-unsaturated/α-hetero) is 1. The first kappa shape index (κ1) is 14.3. The highest BCUT2D eigenvalue weighted by Crippen LogP contribution is 2.32. The molecule has 1 saturated carbocycles. The molecular weight excluding hydrogens is 232 g/mol. The summed E-state index contributed by atoms with van der Waals surface area (Å²) >= 11 is 0. The van der Waals surface area contributed by atoms with E-state index in [1.54, 1.807) is 0 Å².